The highest BCUT2D eigenvalue weighted by atomic mass is 16.6. The zero-order valence-corrected chi connectivity index (χ0v) is 17.9. The van der Waals surface area contributed by atoms with Gasteiger partial charge >= 0.3 is 6.09 Å². The molecule has 4 rings (SSSR count). The Balaban J connectivity index is 1.53. The van der Waals surface area contributed by atoms with Crippen LogP contribution in [0.25, 0.3) is 0 Å². The quantitative estimate of drug-likeness (QED) is 0.418. The minimum absolute atomic E-state index is 0.294. The predicted molar refractivity (Wildman–Crippen MR) is 122 cm³/mol. The molecule has 0 aromatic heterocycles. The van der Waals surface area contributed by atoms with E-state index in [1.54, 1.807) is 6.08 Å². The summed E-state index contributed by atoms with van der Waals surface area (Å²) in [5.41, 5.74) is 1.66. The van der Waals surface area contributed by atoms with Crippen LogP contribution < -0.4 is 4.74 Å². The highest BCUT2D eigenvalue weighted by Gasteiger charge is 2.45. The molecule has 0 spiro atoms. The lowest BCUT2D eigenvalue weighted by Gasteiger charge is -2.24. The first-order valence-electron chi connectivity index (χ1n) is 10.6. The van der Waals surface area contributed by atoms with E-state index in [4.69, 9.17) is 9.47 Å². The lowest BCUT2D eigenvalue weighted by atomic mass is 9.93. The molecule has 32 heavy (non-hydrogen) atoms. The van der Waals surface area contributed by atoms with Crippen molar-refractivity contribution in [3.05, 3.63) is 109 Å². The van der Waals surface area contributed by atoms with Crippen molar-refractivity contribution >= 4 is 12.0 Å². The van der Waals surface area contributed by atoms with Crippen molar-refractivity contribution in [1.29, 1.82) is 0 Å². The molecular weight excluding hydrogens is 402 g/mol. The van der Waals surface area contributed by atoms with Crippen LogP contribution in [0, 0.1) is 0 Å². The lowest BCUT2D eigenvalue weighted by molar-refractivity contribution is -0.130. The van der Waals surface area contributed by atoms with Gasteiger partial charge in [-0.3, -0.25) is 4.79 Å². The van der Waals surface area contributed by atoms with Crippen LogP contribution >= 0.6 is 0 Å². The molecule has 0 aliphatic carbocycles. The summed E-state index contributed by atoms with van der Waals surface area (Å²) in [5.74, 6) is 0.572. The van der Waals surface area contributed by atoms with Gasteiger partial charge in [-0.2, -0.15) is 0 Å². The second-order valence-electron chi connectivity index (χ2n) is 7.72. The minimum Gasteiger partial charge on any atom is -0.457 e. The van der Waals surface area contributed by atoms with Crippen LogP contribution in [0.5, 0.6) is 11.5 Å². The Morgan fingerprint density at radius 1 is 1.00 bits per heavy atom. The maximum absolute atomic E-state index is 13.5. The molecule has 5 nitrogen and oxygen atoms in total. The fourth-order valence-corrected chi connectivity index (χ4v) is 3.95. The van der Waals surface area contributed by atoms with E-state index >= 15 is 0 Å². The fourth-order valence-electron chi connectivity index (χ4n) is 3.95. The summed E-state index contributed by atoms with van der Waals surface area (Å²) in [5, 5.41) is 0. The summed E-state index contributed by atoms with van der Waals surface area (Å²) < 4.78 is 11.4. The monoisotopic (exact) mass is 427 g/mol. The van der Waals surface area contributed by atoms with Gasteiger partial charge in [-0.05, 0) is 48.7 Å². The first kappa shape index (κ1) is 21.4. The number of imide groups is 1. The van der Waals surface area contributed by atoms with Crippen molar-refractivity contribution in [2.45, 2.75) is 31.4 Å². The number of ether oxygens (including phenoxy) is 2. The van der Waals surface area contributed by atoms with Crippen LogP contribution in [0.1, 0.15) is 36.5 Å². The SMILES string of the molecule is C=CCC(C(=O)N1C(=O)O[C@H](c2ccccc2)[C@H]1C)c1ccc(Oc2ccccc2)cc1. The van der Waals surface area contributed by atoms with Gasteiger partial charge in [0, 0.05) is 0 Å². The largest absolute Gasteiger partial charge is 0.457 e. The Bertz CT molecular complexity index is 1080. The van der Waals surface area contributed by atoms with E-state index < -0.39 is 24.2 Å². The molecule has 1 saturated heterocycles. The number of rotatable bonds is 7. The molecule has 3 atom stereocenters. The van der Waals surface area contributed by atoms with Gasteiger partial charge in [0.05, 0.1) is 12.0 Å². The fraction of sp³-hybridized carbons (Fsp3) is 0.185. The summed E-state index contributed by atoms with van der Waals surface area (Å²) in [7, 11) is 0. The van der Waals surface area contributed by atoms with E-state index in [0.29, 0.717) is 12.2 Å². The summed E-state index contributed by atoms with van der Waals surface area (Å²) >= 11 is 0. The Morgan fingerprint density at radius 2 is 1.59 bits per heavy atom. The first-order chi connectivity index (χ1) is 15.6. The number of hydrogen-bond donors (Lipinski definition) is 0. The van der Waals surface area contributed by atoms with Gasteiger partial charge in [0.1, 0.15) is 17.6 Å². The molecule has 1 aliphatic rings. The van der Waals surface area contributed by atoms with Crippen molar-refractivity contribution in [2.75, 3.05) is 0 Å². The smallest absolute Gasteiger partial charge is 0.417 e. The molecule has 3 aromatic rings. The van der Waals surface area contributed by atoms with E-state index in [9.17, 15) is 9.59 Å². The summed E-state index contributed by atoms with van der Waals surface area (Å²) in [6.07, 6.45) is 0.996. The molecule has 0 N–H and O–H groups in total. The normalized spacial score (nSPS) is 18.7. The predicted octanol–water partition coefficient (Wildman–Crippen LogP) is 6.25. The van der Waals surface area contributed by atoms with Gasteiger partial charge in [0.15, 0.2) is 0 Å². The molecular formula is C27H25NO4. The number of para-hydroxylation sites is 1. The average molecular weight is 428 g/mol. The van der Waals surface area contributed by atoms with Gasteiger partial charge in [-0.15, -0.1) is 6.58 Å². The molecule has 1 unspecified atom stereocenters. The number of cyclic esters (lactones) is 1. The maximum atomic E-state index is 13.5. The average Bonchev–Trinajstić information content (AvgIpc) is 3.13. The summed E-state index contributed by atoms with van der Waals surface area (Å²) in [6.45, 7) is 5.63. The first-order valence-corrected chi connectivity index (χ1v) is 10.6. The molecule has 1 aliphatic heterocycles. The molecule has 2 amide bonds. The van der Waals surface area contributed by atoms with Gasteiger partial charge in [0.25, 0.3) is 0 Å². The van der Waals surface area contributed by atoms with Crippen LogP contribution in [-0.2, 0) is 9.53 Å². The third-order valence-electron chi connectivity index (χ3n) is 5.60. The minimum atomic E-state index is -0.616. The van der Waals surface area contributed by atoms with Crippen molar-refractivity contribution in [3.8, 4) is 11.5 Å². The van der Waals surface area contributed by atoms with Crippen molar-refractivity contribution < 1.29 is 19.1 Å². The van der Waals surface area contributed by atoms with Crippen molar-refractivity contribution in [3.63, 3.8) is 0 Å². The van der Waals surface area contributed by atoms with Gasteiger partial charge in [0.2, 0.25) is 5.91 Å². The number of benzene rings is 3. The third-order valence-corrected chi connectivity index (χ3v) is 5.60. The van der Waals surface area contributed by atoms with Crippen LogP contribution in [0.3, 0.4) is 0 Å². The summed E-state index contributed by atoms with van der Waals surface area (Å²) in [6, 6.07) is 25.9. The highest BCUT2D eigenvalue weighted by molar-refractivity contribution is 5.97. The topological polar surface area (TPSA) is 55.8 Å². The van der Waals surface area contributed by atoms with E-state index in [2.05, 4.69) is 6.58 Å². The molecule has 5 heteroatoms. The zero-order valence-electron chi connectivity index (χ0n) is 17.9. The Kier molecular flexibility index (Phi) is 6.36. The van der Waals surface area contributed by atoms with Gasteiger partial charge in [-0.1, -0.05) is 66.7 Å². The molecule has 0 radical (unpaired) electrons. The van der Waals surface area contributed by atoms with E-state index in [0.717, 1.165) is 16.9 Å². The maximum Gasteiger partial charge on any atom is 0.417 e. The van der Waals surface area contributed by atoms with Gasteiger partial charge < -0.3 is 9.47 Å². The van der Waals surface area contributed by atoms with Crippen LogP contribution in [-0.4, -0.2) is 22.9 Å². The molecule has 1 fully saturated rings. The van der Waals surface area contributed by atoms with E-state index in [1.807, 2.05) is 91.9 Å². The molecule has 1 heterocycles. The number of amides is 2. The van der Waals surface area contributed by atoms with Crippen molar-refractivity contribution in [2.24, 2.45) is 0 Å². The van der Waals surface area contributed by atoms with Crippen LogP contribution in [0.2, 0.25) is 0 Å². The third kappa shape index (κ3) is 4.42. The second kappa shape index (κ2) is 9.52. The highest BCUT2D eigenvalue weighted by Crippen LogP contribution is 2.36. The number of hydrogen-bond acceptors (Lipinski definition) is 4. The second-order valence-corrected chi connectivity index (χ2v) is 7.72. The van der Waals surface area contributed by atoms with Crippen molar-refractivity contribution in [1.82, 2.24) is 4.90 Å². The Hall–Kier alpha value is -3.86. The lowest BCUT2D eigenvalue weighted by Crippen LogP contribution is -2.40. The number of allylic oxidation sites excluding steroid dienone is 1. The molecule has 0 bridgehead atoms. The van der Waals surface area contributed by atoms with E-state index in [1.165, 1.54) is 4.90 Å². The zero-order chi connectivity index (χ0) is 22.5. The Labute approximate surface area is 187 Å². The molecule has 0 saturated carbocycles. The van der Waals surface area contributed by atoms with Gasteiger partial charge in [-0.25, -0.2) is 9.69 Å². The molecule has 3 aromatic carbocycles. The van der Waals surface area contributed by atoms with E-state index in [-0.39, 0.29) is 5.91 Å². The standard InChI is InChI=1S/C27H25NO4/c1-3-10-24(20-15-17-23(18-16-20)31-22-13-8-5-9-14-22)26(29)28-19(2)25(32-27(28)30)21-11-6-4-7-12-21/h3-9,11-19,24-25H,1,10H2,2H3/t19-,24?,25+/m1/s1. The number of nitrogens with zero attached hydrogens (tertiary/aromatic N) is 1. The summed E-state index contributed by atoms with van der Waals surface area (Å²) in [4.78, 5) is 27.3. The molecule has 162 valence electrons. The Morgan fingerprint density at radius 3 is 2.22 bits per heavy atom. The van der Waals surface area contributed by atoms with Crippen LogP contribution in [0.4, 0.5) is 4.79 Å². The number of carbonyl (C=O) groups is 2. The number of carbonyl (C=O) groups excluding carboxylic acids is 2. The van der Waals surface area contributed by atoms with Crippen LogP contribution in [0.15, 0.2) is 97.6 Å².